The molecule has 0 aliphatic carbocycles. The highest BCUT2D eigenvalue weighted by Gasteiger charge is 2.44. The molecule has 0 aromatic heterocycles. The van der Waals surface area contributed by atoms with Crippen molar-refractivity contribution in [2.24, 2.45) is 5.92 Å². The lowest BCUT2D eigenvalue weighted by atomic mass is 9.81. The molecule has 4 heteroatoms. The third kappa shape index (κ3) is 2.23. The molecule has 4 atom stereocenters. The van der Waals surface area contributed by atoms with Gasteiger partial charge in [-0.1, -0.05) is 0 Å². The molecule has 19 heavy (non-hydrogen) atoms. The van der Waals surface area contributed by atoms with Crippen molar-refractivity contribution in [1.29, 1.82) is 0 Å². The van der Waals surface area contributed by atoms with Gasteiger partial charge in [0.25, 0.3) is 0 Å². The fourth-order valence-electron chi connectivity index (χ4n) is 3.58. The lowest BCUT2D eigenvalue weighted by Crippen LogP contribution is -2.32. The number of rotatable bonds is 4. The van der Waals surface area contributed by atoms with Crippen LogP contribution in [0.1, 0.15) is 30.9 Å². The lowest BCUT2D eigenvalue weighted by Gasteiger charge is -2.29. The van der Waals surface area contributed by atoms with Crippen molar-refractivity contribution >= 4 is 0 Å². The summed E-state index contributed by atoms with van der Waals surface area (Å²) in [5, 5.41) is 3.32. The highest BCUT2D eigenvalue weighted by Crippen LogP contribution is 2.46. The van der Waals surface area contributed by atoms with Crippen LogP contribution in [-0.4, -0.2) is 26.4 Å². The first-order valence-corrected chi connectivity index (χ1v) is 6.89. The van der Waals surface area contributed by atoms with E-state index in [9.17, 15) is 4.39 Å². The summed E-state index contributed by atoms with van der Waals surface area (Å²) >= 11 is 0. The van der Waals surface area contributed by atoms with Crippen LogP contribution in [0.3, 0.4) is 0 Å². The first-order valence-electron chi connectivity index (χ1n) is 6.89. The zero-order valence-electron chi connectivity index (χ0n) is 11.4. The van der Waals surface area contributed by atoms with E-state index in [-0.39, 0.29) is 11.9 Å². The predicted octanol–water partition coefficient (Wildman–Crippen LogP) is 2.66. The molecule has 1 aromatic carbocycles. The van der Waals surface area contributed by atoms with Gasteiger partial charge in [0.15, 0.2) is 0 Å². The second-order valence-corrected chi connectivity index (χ2v) is 5.43. The smallest absolute Gasteiger partial charge is 0.123 e. The van der Waals surface area contributed by atoms with E-state index >= 15 is 0 Å². The summed E-state index contributed by atoms with van der Waals surface area (Å²) in [6.07, 6.45) is 4.03. The molecule has 3 rings (SSSR count). The van der Waals surface area contributed by atoms with Crippen molar-refractivity contribution in [1.82, 2.24) is 5.32 Å². The zero-order chi connectivity index (χ0) is 13.4. The summed E-state index contributed by atoms with van der Waals surface area (Å²) < 4.78 is 24.8. The minimum Gasteiger partial charge on any atom is -0.496 e. The molecule has 0 amide bonds. The summed E-state index contributed by atoms with van der Waals surface area (Å²) in [6, 6.07) is 4.79. The van der Waals surface area contributed by atoms with E-state index in [4.69, 9.17) is 9.47 Å². The quantitative estimate of drug-likeness (QED) is 0.908. The molecular weight excluding hydrogens is 245 g/mol. The third-order valence-corrected chi connectivity index (χ3v) is 4.42. The lowest BCUT2D eigenvalue weighted by molar-refractivity contribution is 0.0861. The molecular formula is C15H20FNO2. The Morgan fingerprint density at radius 2 is 2.26 bits per heavy atom. The van der Waals surface area contributed by atoms with Gasteiger partial charge in [-0.3, -0.25) is 0 Å². The zero-order valence-corrected chi connectivity index (χ0v) is 11.4. The van der Waals surface area contributed by atoms with E-state index in [2.05, 4.69) is 5.32 Å². The van der Waals surface area contributed by atoms with Gasteiger partial charge in [0.2, 0.25) is 0 Å². The molecule has 2 saturated heterocycles. The van der Waals surface area contributed by atoms with Crippen LogP contribution < -0.4 is 10.1 Å². The van der Waals surface area contributed by atoms with Crippen LogP contribution in [0.25, 0.3) is 0 Å². The molecule has 4 unspecified atom stereocenters. The summed E-state index contributed by atoms with van der Waals surface area (Å²) in [7, 11) is 3.54. The Balaban J connectivity index is 1.91. The van der Waals surface area contributed by atoms with Crippen LogP contribution in [0.2, 0.25) is 0 Å². The van der Waals surface area contributed by atoms with Gasteiger partial charge < -0.3 is 14.8 Å². The summed E-state index contributed by atoms with van der Waals surface area (Å²) in [6.45, 7) is 0. The molecule has 1 N–H and O–H groups in total. The first kappa shape index (κ1) is 12.9. The number of fused-ring (bicyclic) bond motifs is 2. The molecule has 2 aliphatic rings. The Bertz CT molecular complexity index is 465. The number of halogens is 1. The number of ether oxygens (including phenoxy) is 2. The van der Waals surface area contributed by atoms with Crippen LogP contribution in [0, 0.1) is 11.7 Å². The second kappa shape index (κ2) is 5.10. The predicted molar refractivity (Wildman–Crippen MR) is 70.8 cm³/mol. The van der Waals surface area contributed by atoms with Gasteiger partial charge in [0.05, 0.1) is 19.3 Å². The van der Waals surface area contributed by atoms with E-state index in [0.29, 0.717) is 18.1 Å². The van der Waals surface area contributed by atoms with Gasteiger partial charge in [0, 0.05) is 17.5 Å². The van der Waals surface area contributed by atoms with Crippen LogP contribution in [0.4, 0.5) is 4.39 Å². The fourth-order valence-corrected chi connectivity index (χ4v) is 3.58. The minimum atomic E-state index is -0.222. The number of nitrogens with one attached hydrogen (secondary N) is 1. The Morgan fingerprint density at radius 3 is 2.84 bits per heavy atom. The van der Waals surface area contributed by atoms with E-state index in [0.717, 1.165) is 30.6 Å². The van der Waals surface area contributed by atoms with Crippen LogP contribution in [-0.2, 0) is 4.74 Å². The van der Waals surface area contributed by atoms with Crippen LogP contribution in [0.5, 0.6) is 5.75 Å². The maximum Gasteiger partial charge on any atom is 0.123 e. The standard InChI is InChI=1S/C15H20FNO2/c1-17-15(12-8-10-4-6-14(12)19-10)11-7-9(16)3-5-13(11)18-2/h3,5,7,10,12,14-15,17H,4,6,8H2,1-2H3. The highest BCUT2D eigenvalue weighted by atomic mass is 19.1. The maximum absolute atomic E-state index is 13.5. The molecule has 104 valence electrons. The van der Waals surface area contributed by atoms with Crippen molar-refractivity contribution in [3.63, 3.8) is 0 Å². The Kier molecular flexibility index (Phi) is 3.46. The molecule has 2 fully saturated rings. The molecule has 2 heterocycles. The molecule has 2 aliphatic heterocycles. The van der Waals surface area contributed by atoms with Gasteiger partial charge in [-0.05, 0) is 44.5 Å². The van der Waals surface area contributed by atoms with Crippen molar-refractivity contribution in [3.8, 4) is 5.75 Å². The Hall–Kier alpha value is -1.13. The third-order valence-electron chi connectivity index (χ3n) is 4.42. The minimum absolute atomic E-state index is 0.0842. The normalized spacial score (nSPS) is 30.6. The number of hydrogen-bond donors (Lipinski definition) is 1. The van der Waals surface area contributed by atoms with E-state index in [1.165, 1.54) is 6.07 Å². The second-order valence-electron chi connectivity index (χ2n) is 5.43. The first-order chi connectivity index (χ1) is 9.22. The largest absolute Gasteiger partial charge is 0.496 e. The van der Waals surface area contributed by atoms with Crippen molar-refractivity contribution < 1.29 is 13.9 Å². The van der Waals surface area contributed by atoms with Crippen LogP contribution in [0.15, 0.2) is 18.2 Å². The van der Waals surface area contributed by atoms with Crippen LogP contribution >= 0.6 is 0 Å². The topological polar surface area (TPSA) is 30.5 Å². The van der Waals surface area contributed by atoms with Gasteiger partial charge in [-0.25, -0.2) is 4.39 Å². The van der Waals surface area contributed by atoms with Gasteiger partial charge in [0.1, 0.15) is 11.6 Å². The number of benzene rings is 1. The summed E-state index contributed by atoms with van der Waals surface area (Å²) in [4.78, 5) is 0. The molecule has 3 nitrogen and oxygen atoms in total. The maximum atomic E-state index is 13.5. The summed E-state index contributed by atoms with van der Waals surface area (Å²) in [5.41, 5.74) is 0.895. The van der Waals surface area contributed by atoms with Crippen molar-refractivity contribution in [3.05, 3.63) is 29.6 Å². The van der Waals surface area contributed by atoms with Gasteiger partial charge in [-0.15, -0.1) is 0 Å². The van der Waals surface area contributed by atoms with Crippen molar-refractivity contribution in [2.45, 2.75) is 37.5 Å². The number of hydrogen-bond acceptors (Lipinski definition) is 3. The molecule has 0 radical (unpaired) electrons. The molecule has 0 saturated carbocycles. The molecule has 0 spiro atoms. The average molecular weight is 265 g/mol. The van der Waals surface area contributed by atoms with E-state index in [1.807, 2.05) is 7.05 Å². The number of methoxy groups -OCH3 is 1. The summed E-state index contributed by atoms with van der Waals surface area (Å²) in [5.74, 6) is 0.920. The highest BCUT2D eigenvalue weighted by molar-refractivity contribution is 5.37. The van der Waals surface area contributed by atoms with E-state index in [1.54, 1.807) is 19.2 Å². The Morgan fingerprint density at radius 1 is 1.42 bits per heavy atom. The Labute approximate surface area is 113 Å². The monoisotopic (exact) mass is 265 g/mol. The fraction of sp³-hybridized carbons (Fsp3) is 0.600. The van der Waals surface area contributed by atoms with E-state index < -0.39 is 0 Å². The van der Waals surface area contributed by atoms with Gasteiger partial charge in [-0.2, -0.15) is 0 Å². The molecule has 1 aromatic rings. The SMILES string of the molecule is CNC(c1cc(F)ccc1OC)C1CC2CCC1O2. The van der Waals surface area contributed by atoms with Gasteiger partial charge >= 0.3 is 0 Å². The average Bonchev–Trinajstić information content (AvgIpc) is 3.03. The van der Waals surface area contributed by atoms with Crippen molar-refractivity contribution in [2.75, 3.05) is 14.2 Å². The molecule has 2 bridgehead atoms.